The summed E-state index contributed by atoms with van der Waals surface area (Å²) in [5.41, 5.74) is -0.639. The van der Waals surface area contributed by atoms with Gasteiger partial charge in [0, 0.05) is 25.5 Å². The standard InChI is InChI=1S/C18H19NO12/c1-8(21)28-14-13(23)15(17(24)27-3)31-18(16(14)29-9(2)22)30-12-5-4-10(7-20)6-11(12)19(25)26/h4-7,13-16,18,23H,1-3H3/t13-,14-,15-,16+,18+/m0/s1. The molecule has 0 radical (unpaired) electrons. The summed E-state index contributed by atoms with van der Waals surface area (Å²) in [6.45, 7) is 2.03. The van der Waals surface area contributed by atoms with Crippen molar-refractivity contribution in [1.82, 2.24) is 0 Å². The highest BCUT2D eigenvalue weighted by Gasteiger charge is 2.53. The van der Waals surface area contributed by atoms with Crippen molar-refractivity contribution < 1.29 is 52.9 Å². The van der Waals surface area contributed by atoms with Crippen molar-refractivity contribution in [1.29, 1.82) is 0 Å². The fraction of sp³-hybridized carbons (Fsp3) is 0.444. The van der Waals surface area contributed by atoms with Crippen molar-refractivity contribution in [3.63, 3.8) is 0 Å². The van der Waals surface area contributed by atoms with Crippen molar-refractivity contribution in [2.24, 2.45) is 0 Å². The second-order valence-corrected chi connectivity index (χ2v) is 6.31. The number of methoxy groups -OCH3 is 1. The lowest BCUT2D eigenvalue weighted by Gasteiger charge is -2.41. The largest absolute Gasteiger partial charge is 0.467 e. The lowest BCUT2D eigenvalue weighted by atomic mass is 9.98. The smallest absolute Gasteiger partial charge is 0.338 e. The predicted molar refractivity (Wildman–Crippen MR) is 96.9 cm³/mol. The summed E-state index contributed by atoms with van der Waals surface area (Å²) in [5, 5.41) is 21.8. The van der Waals surface area contributed by atoms with Crippen molar-refractivity contribution in [3.05, 3.63) is 33.9 Å². The highest BCUT2D eigenvalue weighted by molar-refractivity contribution is 5.77. The number of hydrogen-bond acceptors (Lipinski definition) is 12. The van der Waals surface area contributed by atoms with Crippen LogP contribution in [0.1, 0.15) is 24.2 Å². The van der Waals surface area contributed by atoms with E-state index < -0.39 is 65.0 Å². The zero-order chi connectivity index (χ0) is 23.3. The van der Waals surface area contributed by atoms with Crippen LogP contribution < -0.4 is 4.74 Å². The SMILES string of the molecule is COC(=O)[C@H]1O[C@@H](Oc2ccc(C=O)cc2[N+](=O)[O-])[C@H](OC(C)=O)[C@@H](OC(C)=O)[C@@H]1O. The van der Waals surface area contributed by atoms with Gasteiger partial charge in [-0.2, -0.15) is 0 Å². The molecule has 0 saturated carbocycles. The van der Waals surface area contributed by atoms with E-state index in [1.165, 1.54) is 6.07 Å². The minimum absolute atomic E-state index is 0.0132. The molecular formula is C18H19NO12. The summed E-state index contributed by atoms with van der Waals surface area (Å²) in [6, 6.07) is 3.24. The van der Waals surface area contributed by atoms with E-state index in [4.69, 9.17) is 18.9 Å². The number of carbonyl (C=O) groups is 4. The van der Waals surface area contributed by atoms with Crippen molar-refractivity contribution >= 4 is 29.9 Å². The number of hydrogen-bond donors (Lipinski definition) is 1. The van der Waals surface area contributed by atoms with Crippen LogP contribution in [0.4, 0.5) is 5.69 Å². The second-order valence-electron chi connectivity index (χ2n) is 6.31. The molecule has 5 atom stereocenters. The van der Waals surface area contributed by atoms with E-state index in [0.717, 1.165) is 33.1 Å². The highest BCUT2D eigenvalue weighted by Crippen LogP contribution is 2.33. The number of rotatable bonds is 7. The quantitative estimate of drug-likeness (QED) is 0.196. The molecule has 13 heteroatoms. The van der Waals surface area contributed by atoms with Crippen LogP contribution in [-0.4, -0.2) is 72.0 Å². The Balaban J connectivity index is 2.50. The fourth-order valence-electron chi connectivity index (χ4n) is 2.85. The van der Waals surface area contributed by atoms with Gasteiger partial charge in [-0.25, -0.2) is 4.79 Å². The van der Waals surface area contributed by atoms with Crippen LogP contribution in [0.15, 0.2) is 18.2 Å². The highest BCUT2D eigenvalue weighted by atomic mass is 16.7. The van der Waals surface area contributed by atoms with Gasteiger partial charge in [-0.1, -0.05) is 0 Å². The van der Waals surface area contributed by atoms with Gasteiger partial charge < -0.3 is 28.8 Å². The zero-order valence-electron chi connectivity index (χ0n) is 16.6. The van der Waals surface area contributed by atoms with Gasteiger partial charge >= 0.3 is 23.6 Å². The van der Waals surface area contributed by atoms with Gasteiger partial charge in [0.2, 0.25) is 12.4 Å². The zero-order valence-corrected chi connectivity index (χ0v) is 16.6. The number of aliphatic hydroxyl groups is 1. The van der Waals surface area contributed by atoms with E-state index in [2.05, 4.69) is 4.74 Å². The molecule has 1 aromatic rings. The predicted octanol–water partition coefficient (Wildman–Crippen LogP) is -0.0917. The molecule has 1 aromatic carbocycles. The van der Waals surface area contributed by atoms with Crippen molar-refractivity contribution in [2.75, 3.05) is 7.11 Å². The van der Waals surface area contributed by atoms with Crippen LogP contribution in [0, 0.1) is 10.1 Å². The number of benzene rings is 1. The molecule has 0 unspecified atom stereocenters. The monoisotopic (exact) mass is 441 g/mol. The van der Waals surface area contributed by atoms with Gasteiger partial charge in [0.1, 0.15) is 12.4 Å². The first kappa shape index (κ1) is 23.7. The van der Waals surface area contributed by atoms with E-state index in [0.29, 0.717) is 6.29 Å². The van der Waals surface area contributed by atoms with Crippen LogP contribution >= 0.6 is 0 Å². The lowest BCUT2D eigenvalue weighted by Crippen LogP contribution is -2.63. The fourth-order valence-corrected chi connectivity index (χ4v) is 2.85. The van der Waals surface area contributed by atoms with Crippen LogP contribution in [0.25, 0.3) is 0 Å². The first-order valence-electron chi connectivity index (χ1n) is 8.75. The molecular weight excluding hydrogens is 422 g/mol. The third-order valence-electron chi connectivity index (χ3n) is 4.12. The number of nitrogens with zero attached hydrogens (tertiary/aromatic N) is 1. The minimum Gasteiger partial charge on any atom is -0.467 e. The molecule has 0 amide bonds. The Morgan fingerprint density at radius 2 is 1.77 bits per heavy atom. The Morgan fingerprint density at radius 3 is 2.29 bits per heavy atom. The third kappa shape index (κ3) is 5.52. The Kier molecular flexibility index (Phi) is 7.61. The molecule has 1 aliphatic heterocycles. The molecule has 0 aromatic heterocycles. The van der Waals surface area contributed by atoms with Gasteiger partial charge in [-0.3, -0.25) is 24.5 Å². The molecule has 2 rings (SSSR count). The minimum atomic E-state index is -1.81. The average molecular weight is 441 g/mol. The maximum Gasteiger partial charge on any atom is 0.338 e. The Labute approximate surface area is 174 Å². The maximum atomic E-state index is 12.0. The summed E-state index contributed by atoms with van der Waals surface area (Å²) in [5.74, 6) is -3.23. The normalized spacial score (nSPS) is 25.1. The molecule has 1 saturated heterocycles. The number of nitro benzene ring substituents is 1. The van der Waals surface area contributed by atoms with Crippen LogP contribution in [0.2, 0.25) is 0 Å². The summed E-state index contributed by atoms with van der Waals surface area (Å²) >= 11 is 0. The second kappa shape index (κ2) is 9.95. The number of esters is 3. The van der Waals surface area contributed by atoms with Gasteiger partial charge in [0.15, 0.2) is 18.0 Å². The van der Waals surface area contributed by atoms with E-state index in [9.17, 15) is 34.4 Å². The Morgan fingerprint density at radius 1 is 1.16 bits per heavy atom. The molecule has 1 fully saturated rings. The maximum absolute atomic E-state index is 12.0. The molecule has 168 valence electrons. The van der Waals surface area contributed by atoms with Crippen LogP contribution in [0.5, 0.6) is 5.75 Å². The van der Waals surface area contributed by atoms with Crippen molar-refractivity contribution in [2.45, 2.75) is 44.6 Å². The number of ether oxygens (including phenoxy) is 5. The van der Waals surface area contributed by atoms with Crippen LogP contribution in [0.3, 0.4) is 0 Å². The average Bonchev–Trinajstić information content (AvgIpc) is 2.71. The van der Waals surface area contributed by atoms with Gasteiger partial charge in [0.25, 0.3) is 0 Å². The van der Waals surface area contributed by atoms with Gasteiger partial charge in [-0.05, 0) is 12.1 Å². The first-order chi connectivity index (χ1) is 14.6. The number of carbonyl (C=O) groups excluding carboxylic acids is 4. The van der Waals surface area contributed by atoms with E-state index in [1.54, 1.807) is 0 Å². The molecule has 1 N–H and O–H groups in total. The molecule has 1 heterocycles. The summed E-state index contributed by atoms with van der Waals surface area (Å²) < 4.78 is 25.5. The number of aliphatic hydroxyl groups excluding tert-OH is 1. The molecule has 13 nitrogen and oxygen atoms in total. The Bertz CT molecular complexity index is 884. The topological polar surface area (TPSA) is 178 Å². The first-order valence-corrected chi connectivity index (χ1v) is 8.75. The van der Waals surface area contributed by atoms with Crippen LogP contribution in [-0.2, 0) is 33.3 Å². The summed E-state index contributed by atoms with van der Waals surface area (Å²) in [7, 11) is 1.01. The van der Waals surface area contributed by atoms with E-state index >= 15 is 0 Å². The Hall–Kier alpha value is -3.58. The van der Waals surface area contributed by atoms with Crippen molar-refractivity contribution in [3.8, 4) is 5.75 Å². The van der Waals surface area contributed by atoms with Gasteiger partial charge in [-0.15, -0.1) is 0 Å². The molecule has 0 spiro atoms. The van der Waals surface area contributed by atoms with E-state index in [1.807, 2.05) is 0 Å². The van der Waals surface area contributed by atoms with E-state index in [-0.39, 0.29) is 5.56 Å². The summed E-state index contributed by atoms with van der Waals surface area (Å²) in [4.78, 5) is 56.6. The lowest BCUT2D eigenvalue weighted by molar-refractivity contribution is -0.387. The molecule has 0 bridgehead atoms. The summed E-state index contributed by atoms with van der Waals surface area (Å²) in [6.07, 6.45) is -8.13. The molecule has 0 aliphatic carbocycles. The van der Waals surface area contributed by atoms with Gasteiger partial charge in [0.05, 0.1) is 12.0 Å². The third-order valence-corrected chi connectivity index (χ3v) is 4.12. The number of nitro groups is 1. The number of aldehydes is 1. The molecule has 1 aliphatic rings. The molecule has 31 heavy (non-hydrogen) atoms.